The van der Waals surface area contributed by atoms with E-state index in [0.717, 1.165) is 0 Å². The van der Waals surface area contributed by atoms with Crippen LogP contribution in [0.4, 0.5) is 11.4 Å². The molecule has 0 atom stereocenters. The molecule has 166 valence electrons. The number of rotatable bonds is 7. The number of hydrazone groups is 1. The minimum absolute atomic E-state index is 0.0122. The molecule has 3 aromatic rings. The van der Waals surface area contributed by atoms with Crippen LogP contribution in [0.25, 0.3) is 0 Å². The molecule has 0 fully saturated rings. The molecule has 0 saturated carbocycles. The second kappa shape index (κ2) is 11.1. The predicted octanol–water partition coefficient (Wildman–Crippen LogP) is 3.46. The monoisotopic (exact) mass is 442 g/mol. The van der Waals surface area contributed by atoms with E-state index in [4.69, 9.17) is 0 Å². The van der Waals surface area contributed by atoms with Crippen molar-refractivity contribution >= 4 is 35.3 Å². The van der Waals surface area contributed by atoms with Crippen molar-refractivity contribution in [3.8, 4) is 5.75 Å². The van der Waals surface area contributed by atoms with Gasteiger partial charge in [0.05, 0.1) is 17.5 Å². The van der Waals surface area contributed by atoms with Crippen molar-refractivity contribution in [2.75, 3.05) is 10.6 Å². The largest absolute Gasteiger partial charge is 0.507 e. The number of carbonyl (C=O) groups is 3. The lowest BCUT2D eigenvalue weighted by Gasteiger charge is -2.11. The van der Waals surface area contributed by atoms with Gasteiger partial charge in [0.1, 0.15) is 5.75 Å². The highest BCUT2D eigenvalue weighted by atomic mass is 16.3. The Morgan fingerprint density at radius 3 is 2.36 bits per heavy atom. The zero-order valence-corrected chi connectivity index (χ0v) is 17.6. The van der Waals surface area contributed by atoms with Gasteiger partial charge in [0.25, 0.3) is 5.91 Å². The molecule has 0 saturated heterocycles. The molecular formula is C25H22N4O4. The standard InChI is InChI=1S/C25H22N4O4/c1-2-9-17-10-8-11-18(22(17)30)16-26-29-25(33)24(32)28-21-15-7-6-14-20(21)23(31)27-19-12-4-3-5-13-19/h2-8,10-16,30H,1,9H2,(H,27,31)(H,28,32)(H,29,33). The molecule has 0 bridgehead atoms. The van der Waals surface area contributed by atoms with Gasteiger partial charge in [-0.1, -0.05) is 48.5 Å². The molecule has 0 aliphatic rings. The number of nitrogens with zero attached hydrogens (tertiary/aromatic N) is 1. The van der Waals surface area contributed by atoms with Gasteiger partial charge in [0.15, 0.2) is 0 Å². The van der Waals surface area contributed by atoms with Gasteiger partial charge in [-0.25, -0.2) is 5.43 Å². The van der Waals surface area contributed by atoms with Gasteiger partial charge >= 0.3 is 11.8 Å². The van der Waals surface area contributed by atoms with Crippen molar-refractivity contribution in [3.63, 3.8) is 0 Å². The fraction of sp³-hybridized carbons (Fsp3) is 0.0400. The van der Waals surface area contributed by atoms with E-state index >= 15 is 0 Å². The SMILES string of the molecule is C=CCc1cccc(C=NNC(=O)C(=O)Nc2ccccc2C(=O)Nc2ccccc2)c1O. The van der Waals surface area contributed by atoms with Gasteiger partial charge in [-0.15, -0.1) is 6.58 Å². The number of para-hydroxylation sites is 3. The van der Waals surface area contributed by atoms with Crippen molar-refractivity contribution in [2.45, 2.75) is 6.42 Å². The van der Waals surface area contributed by atoms with Crippen LogP contribution in [-0.2, 0) is 16.0 Å². The minimum atomic E-state index is -1.04. The molecule has 0 radical (unpaired) electrons. The van der Waals surface area contributed by atoms with Gasteiger partial charge in [0, 0.05) is 11.3 Å². The molecular weight excluding hydrogens is 420 g/mol. The molecule has 0 unspecified atom stereocenters. The Kier molecular flexibility index (Phi) is 7.69. The van der Waals surface area contributed by atoms with Gasteiger partial charge in [0.2, 0.25) is 0 Å². The molecule has 3 aromatic carbocycles. The number of nitrogens with one attached hydrogen (secondary N) is 3. The van der Waals surface area contributed by atoms with Crippen molar-refractivity contribution < 1.29 is 19.5 Å². The van der Waals surface area contributed by atoms with Crippen LogP contribution >= 0.6 is 0 Å². The zero-order valence-electron chi connectivity index (χ0n) is 17.6. The maximum atomic E-state index is 12.6. The molecule has 0 spiro atoms. The van der Waals surface area contributed by atoms with Crippen LogP contribution in [-0.4, -0.2) is 29.0 Å². The molecule has 3 amide bonds. The third-order valence-corrected chi connectivity index (χ3v) is 4.54. The summed E-state index contributed by atoms with van der Waals surface area (Å²) in [4.78, 5) is 37.1. The molecule has 0 aliphatic heterocycles. The third kappa shape index (κ3) is 6.14. The van der Waals surface area contributed by atoms with Gasteiger partial charge < -0.3 is 15.7 Å². The Bertz CT molecular complexity index is 1210. The Morgan fingerprint density at radius 1 is 0.879 bits per heavy atom. The van der Waals surface area contributed by atoms with Crippen LogP contribution in [0.15, 0.2) is 90.6 Å². The molecule has 8 heteroatoms. The summed E-state index contributed by atoms with van der Waals surface area (Å²) < 4.78 is 0. The topological polar surface area (TPSA) is 120 Å². The van der Waals surface area contributed by atoms with E-state index < -0.39 is 17.7 Å². The highest BCUT2D eigenvalue weighted by Gasteiger charge is 2.18. The summed E-state index contributed by atoms with van der Waals surface area (Å²) in [6.07, 6.45) is 3.36. The Hall–Kier alpha value is -4.72. The summed E-state index contributed by atoms with van der Waals surface area (Å²) in [5.41, 5.74) is 4.09. The van der Waals surface area contributed by atoms with E-state index in [1.54, 1.807) is 60.7 Å². The second-order valence-electron chi connectivity index (χ2n) is 6.87. The number of aromatic hydroxyl groups is 1. The highest BCUT2D eigenvalue weighted by molar-refractivity contribution is 6.40. The molecule has 3 rings (SSSR count). The summed E-state index contributed by atoms with van der Waals surface area (Å²) in [7, 11) is 0. The van der Waals surface area contributed by atoms with Crippen molar-refractivity contribution in [3.05, 3.63) is 102 Å². The summed E-state index contributed by atoms with van der Waals surface area (Å²) in [5.74, 6) is -2.47. The first-order valence-corrected chi connectivity index (χ1v) is 10.0. The molecule has 33 heavy (non-hydrogen) atoms. The number of phenolic OH excluding ortho intramolecular Hbond substituents is 1. The molecule has 4 N–H and O–H groups in total. The summed E-state index contributed by atoms with van der Waals surface area (Å²) in [6.45, 7) is 3.63. The Balaban J connectivity index is 1.64. The van der Waals surface area contributed by atoms with E-state index in [9.17, 15) is 19.5 Å². The minimum Gasteiger partial charge on any atom is -0.507 e. The van der Waals surface area contributed by atoms with Gasteiger partial charge in [-0.05, 0) is 42.3 Å². The van der Waals surface area contributed by atoms with E-state index in [2.05, 4.69) is 27.7 Å². The van der Waals surface area contributed by atoms with Crippen LogP contribution in [0, 0.1) is 0 Å². The quantitative estimate of drug-likeness (QED) is 0.194. The maximum Gasteiger partial charge on any atom is 0.329 e. The maximum absolute atomic E-state index is 12.6. The smallest absolute Gasteiger partial charge is 0.329 e. The van der Waals surface area contributed by atoms with Crippen LogP contribution in [0.5, 0.6) is 5.75 Å². The number of amides is 3. The third-order valence-electron chi connectivity index (χ3n) is 4.54. The molecule has 8 nitrogen and oxygen atoms in total. The first-order chi connectivity index (χ1) is 16.0. The molecule has 0 heterocycles. The second-order valence-corrected chi connectivity index (χ2v) is 6.87. The fourth-order valence-corrected chi connectivity index (χ4v) is 2.94. The van der Waals surface area contributed by atoms with Crippen LogP contribution in [0.2, 0.25) is 0 Å². The Labute approximate surface area is 190 Å². The van der Waals surface area contributed by atoms with Crippen LogP contribution < -0.4 is 16.1 Å². The van der Waals surface area contributed by atoms with E-state index in [1.807, 2.05) is 6.07 Å². The normalized spacial score (nSPS) is 10.4. The lowest BCUT2D eigenvalue weighted by atomic mass is 10.1. The first-order valence-electron chi connectivity index (χ1n) is 10.0. The summed E-state index contributed by atoms with van der Waals surface area (Å²) in [6, 6.07) is 20.2. The lowest BCUT2D eigenvalue weighted by molar-refractivity contribution is -0.136. The van der Waals surface area contributed by atoms with Crippen molar-refractivity contribution in [1.29, 1.82) is 0 Å². The first kappa shape index (κ1) is 23.0. The molecule has 0 aromatic heterocycles. The number of phenols is 1. The average Bonchev–Trinajstić information content (AvgIpc) is 2.82. The van der Waals surface area contributed by atoms with E-state index in [1.165, 1.54) is 18.3 Å². The summed E-state index contributed by atoms with van der Waals surface area (Å²) in [5, 5.41) is 19.1. The highest BCUT2D eigenvalue weighted by Crippen LogP contribution is 2.21. The predicted molar refractivity (Wildman–Crippen MR) is 127 cm³/mol. The number of anilines is 2. The van der Waals surface area contributed by atoms with Crippen molar-refractivity contribution in [1.82, 2.24) is 5.43 Å². The van der Waals surface area contributed by atoms with Crippen molar-refractivity contribution in [2.24, 2.45) is 5.10 Å². The number of hydrogen-bond acceptors (Lipinski definition) is 5. The fourth-order valence-electron chi connectivity index (χ4n) is 2.94. The van der Waals surface area contributed by atoms with Gasteiger partial charge in [-0.2, -0.15) is 5.10 Å². The lowest BCUT2D eigenvalue weighted by Crippen LogP contribution is -2.33. The van der Waals surface area contributed by atoms with Gasteiger partial charge in [-0.3, -0.25) is 14.4 Å². The number of carbonyl (C=O) groups excluding carboxylic acids is 3. The number of allylic oxidation sites excluding steroid dienone is 1. The summed E-state index contributed by atoms with van der Waals surface area (Å²) >= 11 is 0. The number of hydrogen-bond donors (Lipinski definition) is 4. The van der Waals surface area contributed by atoms with E-state index in [0.29, 0.717) is 23.2 Å². The van der Waals surface area contributed by atoms with E-state index in [-0.39, 0.29) is 17.0 Å². The zero-order chi connectivity index (χ0) is 23.6. The number of benzene rings is 3. The Morgan fingerprint density at radius 2 is 1.61 bits per heavy atom. The average molecular weight is 442 g/mol. The van der Waals surface area contributed by atoms with Crippen LogP contribution in [0.3, 0.4) is 0 Å². The van der Waals surface area contributed by atoms with Crippen LogP contribution in [0.1, 0.15) is 21.5 Å². The molecule has 0 aliphatic carbocycles.